The van der Waals surface area contributed by atoms with Crippen molar-refractivity contribution in [1.29, 1.82) is 0 Å². The fourth-order valence-electron chi connectivity index (χ4n) is 1.13. The molecule has 0 saturated carbocycles. The summed E-state index contributed by atoms with van der Waals surface area (Å²) in [6.45, 7) is 0. The molecule has 0 spiro atoms. The normalized spacial score (nSPS) is 12.9. The van der Waals surface area contributed by atoms with Gasteiger partial charge in [-0.15, -0.1) is 0 Å². The summed E-state index contributed by atoms with van der Waals surface area (Å²) in [5.74, 6) is 0. The number of hydrogen-bond acceptors (Lipinski definition) is 3. The molecule has 5 heteroatoms. The van der Waals surface area contributed by atoms with Gasteiger partial charge < -0.3 is 5.32 Å². The van der Waals surface area contributed by atoms with Crippen molar-refractivity contribution in [3.05, 3.63) is 48.2 Å². The van der Waals surface area contributed by atoms with Gasteiger partial charge in [-0.1, -0.05) is 30.4 Å². The van der Waals surface area contributed by atoms with Gasteiger partial charge >= 0.3 is 0 Å². The van der Waals surface area contributed by atoms with E-state index in [1.807, 2.05) is 30.5 Å². The lowest BCUT2D eigenvalue weighted by molar-refractivity contribution is 0.490. The number of nitrogens with one attached hydrogen (secondary N) is 1. The summed E-state index contributed by atoms with van der Waals surface area (Å²) in [5, 5.41) is 3.18. The molecule has 2 rings (SSSR count). The summed E-state index contributed by atoms with van der Waals surface area (Å²) in [6.07, 6.45) is 8.75. The predicted molar refractivity (Wildman–Crippen MR) is 65.7 cm³/mol. The second kappa shape index (κ2) is 5.48. The Labute approximate surface area is 95.1 Å². The zero-order chi connectivity index (χ0) is 12.0. The topological polar surface area (TPSA) is 66.4 Å². The molecule has 1 aromatic carbocycles. The first-order chi connectivity index (χ1) is 7.47. The van der Waals surface area contributed by atoms with Gasteiger partial charge in [0, 0.05) is 11.9 Å². The van der Waals surface area contributed by atoms with Crippen LogP contribution < -0.4 is 5.32 Å². The third kappa shape index (κ3) is 5.33. The van der Waals surface area contributed by atoms with Gasteiger partial charge in [0.25, 0.3) is 10.1 Å². The summed E-state index contributed by atoms with van der Waals surface area (Å²) in [4.78, 5) is 0. The Hall–Kier alpha value is -1.59. The van der Waals surface area contributed by atoms with E-state index in [1.54, 1.807) is 0 Å². The predicted octanol–water partition coefficient (Wildman–Crippen LogP) is 2.14. The maximum atomic E-state index is 9.19. The number of rotatable bonds is 0. The van der Waals surface area contributed by atoms with Gasteiger partial charge in [0.1, 0.15) is 0 Å². The van der Waals surface area contributed by atoms with E-state index in [0.717, 1.165) is 5.69 Å². The van der Waals surface area contributed by atoms with Crippen molar-refractivity contribution in [3.8, 4) is 0 Å². The quantitative estimate of drug-likeness (QED) is 0.681. The van der Waals surface area contributed by atoms with Gasteiger partial charge in [0.05, 0.1) is 6.26 Å². The number of anilines is 1. The van der Waals surface area contributed by atoms with Crippen LogP contribution in [-0.4, -0.2) is 19.2 Å². The molecule has 1 heterocycles. The molecule has 0 unspecified atom stereocenters. The highest BCUT2D eigenvalue weighted by Crippen LogP contribution is 2.18. The monoisotopic (exact) mass is 239 g/mol. The Morgan fingerprint density at radius 3 is 2.50 bits per heavy atom. The Morgan fingerprint density at radius 1 is 1.19 bits per heavy atom. The lowest BCUT2D eigenvalue weighted by Crippen LogP contribution is -1.88. The van der Waals surface area contributed by atoms with Crippen molar-refractivity contribution in [1.82, 2.24) is 0 Å². The first kappa shape index (κ1) is 12.5. The average Bonchev–Trinajstić information content (AvgIpc) is 2.39. The Kier molecular flexibility index (Phi) is 4.28. The van der Waals surface area contributed by atoms with Gasteiger partial charge in [-0.2, -0.15) is 8.42 Å². The molecule has 1 aromatic rings. The molecule has 4 nitrogen and oxygen atoms in total. The standard InChI is InChI=1S/C10H9N.CH4O3S/c1-2-7-10-9(5-1)6-3-4-8-11-10;1-5(2,3)4/h1-8,11H;1H3,(H,2,3,4). The number of fused-ring (bicyclic) bond motifs is 1. The minimum atomic E-state index is -3.67. The van der Waals surface area contributed by atoms with Crippen LogP contribution in [0.4, 0.5) is 5.69 Å². The van der Waals surface area contributed by atoms with E-state index >= 15 is 0 Å². The Bertz CT molecular complexity index is 496. The van der Waals surface area contributed by atoms with Gasteiger partial charge in [0.2, 0.25) is 0 Å². The third-order valence-electron chi connectivity index (χ3n) is 1.68. The first-order valence-corrected chi connectivity index (χ1v) is 6.43. The van der Waals surface area contributed by atoms with Gasteiger partial charge in [-0.05, 0) is 17.7 Å². The molecule has 86 valence electrons. The summed E-state index contributed by atoms with van der Waals surface area (Å²) < 4.78 is 25.9. The van der Waals surface area contributed by atoms with Crippen LogP contribution in [0.5, 0.6) is 0 Å². The molecule has 0 saturated heterocycles. The van der Waals surface area contributed by atoms with Gasteiger partial charge in [-0.3, -0.25) is 4.55 Å². The number of para-hydroxylation sites is 1. The molecule has 0 amide bonds. The van der Waals surface area contributed by atoms with Crippen LogP contribution in [0.15, 0.2) is 42.6 Å². The van der Waals surface area contributed by atoms with E-state index in [1.165, 1.54) is 5.56 Å². The highest BCUT2D eigenvalue weighted by molar-refractivity contribution is 7.85. The largest absolute Gasteiger partial charge is 0.361 e. The highest BCUT2D eigenvalue weighted by Gasteiger charge is 1.95. The zero-order valence-corrected chi connectivity index (χ0v) is 9.61. The number of allylic oxidation sites excluding steroid dienone is 2. The van der Waals surface area contributed by atoms with Crippen molar-refractivity contribution in [3.63, 3.8) is 0 Å². The van der Waals surface area contributed by atoms with E-state index in [2.05, 4.69) is 23.5 Å². The van der Waals surface area contributed by atoms with Crippen molar-refractivity contribution in [2.45, 2.75) is 0 Å². The van der Waals surface area contributed by atoms with Crippen LogP contribution in [0.25, 0.3) is 6.08 Å². The highest BCUT2D eigenvalue weighted by atomic mass is 32.2. The van der Waals surface area contributed by atoms with Crippen molar-refractivity contribution < 1.29 is 13.0 Å². The first-order valence-electron chi connectivity index (χ1n) is 4.58. The Morgan fingerprint density at radius 2 is 1.81 bits per heavy atom. The molecular formula is C11H13NO3S. The molecule has 2 N–H and O–H groups in total. The second-order valence-electron chi connectivity index (χ2n) is 3.18. The summed E-state index contributed by atoms with van der Waals surface area (Å²) in [5.41, 5.74) is 2.40. The molecule has 1 aliphatic heterocycles. The van der Waals surface area contributed by atoms with Crippen molar-refractivity contribution in [2.75, 3.05) is 11.6 Å². The summed E-state index contributed by atoms with van der Waals surface area (Å²) >= 11 is 0. The van der Waals surface area contributed by atoms with Gasteiger partial charge in [0.15, 0.2) is 0 Å². The van der Waals surface area contributed by atoms with E-state index < -0.39 is 10.1 Å². The SMILES string of the molecule is C1=CNc2ccccc2C=C1.CS(=O)(=O)O. The van der Waals surface area contributed by atoms with Crippen LogP contribution >= 0.6 is 0 Å². The van der Waals surface area contributed by atoms with E-state index in [-0.39, 0.29) is 0 Å². The smallest absolute Gasteiger partial charge is 0.261 e. The third-order valence-corrected chi connectivity index (χ3v) is 1.68. The molecule has 16 heavy (non-hydrogen) atoms. The van der Waals surface area contributed by atoms with Crippen molar-refractivity contribution >= 4 is 21.9 Å². The lowest BCUT2D eigenvalue weighted by Gasteiger charge is -2.01. The molecule has 0 fully saturated rings. The summed E-state index contributed by atoms with van der Waals surface area (Å²) in [6, 6.07) is 8.22. The lowest BCUT2D eigenvalue weighted by atomic mass is 10.2. The van der Waals surface area contributed by atoms with Crippen LogP contribution in [0.3, 0.4) is 0 Å². The second-order valence-corrected chi connectivity index (χ2v) is 4.65. The minimum Gasteiger partial charge on any atom is -0.361 e. The maximum Gasteiger partial charge on any atom is 0.261 e. The molecule has 0 atom stereocenters. The van der Waals surface area contributed by atoms with Crippen LogP contribution in [-0.2, 0) is 10.1 Å². The fourth-order valence-corrected chi connectivity index (χ4v) is 1.13. The van der Waals surface area contributed by atoms with Crippen LogP contribution in [0.1, 0.15) is 5.56 Å². The van der Waals surface area contributed by atoms with E-state index in [0.29, 0.717) is 6.26 Å². The van der Waals surface area contributed by atoms with E-state index in [4.69, 9.17) is 4.55 Å². The maximum absolute atomic E-state index is 9.19. The van der Waals surface area contributed by atoms with Crippen LogP contribution in [0, 0.1) is 0 Å². The molecule has 1 aliphatic rings. The zero-order valence-electron chi connectivity index (χ0n) is 8.79. The Balaban J connectivity index is 0.000000221. The average molecular weight is 239 g/mol. The molecule has 0 bridgehead atoms. The van der Waals surface area contributed by atoms with Crippen molar-refractivity contribution in [2.24, 2.45) is 0 Å². The van der Waals surface area contributed by atoms with Gasteiger partial charge in [-0.25, -0.2) is 0 Å². The number of hydrogen-bond donors (Lipinski definition) is 2. The molecule has 0 radical (unpaired) electrons. The molecule has 0 aliphatic carbocycles. The van der Waals surface area contributed by atoms with Crippen LogP contribution in [0.2, 0.25) is 0 Å². The fraction of sp³-hybridized carbons (Fsp3) is 0.0909. The molecule has 0 aromatic heterocycles. The number of benzene rings is 1. The molecular weight excluding hydrogens is 226 g/mol. The minimum absolute atomic E-state index is 0.715. The summed E-state index contributed by atoms with van der Waals surface area (Å²) in [7, 11) is -3.67. The van der Waals surface area contributed by atoms with E-state index in [9.17, 15) is 8.42 Å².